The molecule has 0 saturated heterocycles. The van der Waals surface area contributed by atoms with E-state index in [4.69, 9.17) is 0 Å². The van der Waals surface area contributed by atoms with E-state index in [1.807, 2.05) is 6.07 Å². The Morgan fingerprint density at radius 2 is 0.972 bits per heavy atom. The van der Waals surface area contributed by atoms with E-state index in [1.165, 1.54) is 109 Å². The molecule has 0 fully saturated rings. The third-order valence-corrected chi connectivity index (χ3v) is 7.95. The van der Waals surface area contributed by atoms with Crippen molar-refractivity contribution in [3.05, 3.63) is 23.3 Å². The fourth-order valence-electron chi connectivity index (χ4n) is 4.87. The van der Waals surface area contributed by atoms with Gasteiger partial charge in [-0.1, -0.05) is 135 Å². The van der Waals surface area contributed by atoms with Gasteiger partial charge < -0.3 is 9.66 Å². The Labute approximate surface area is 245 Å². The number of unbranched alkanes of at least 4 members (excludes halogenated alkanes) is 18. The molecule has 0 aliphatic rings. The Morgan fingerprint density at radius 3 is 1.36 bits per heavy atom. The van der Waals surface area contributed by atoms with Crippen LogP contribution in [0.2, 0.25) is 0 Å². The summed E-state index contributed by atoms with van der Waals surface area (Å²) in [5, 5.41) is 10.5. The number of benzene rings is 1. The molecular weight excluding hydrogens is 479 g/mol. The molecule has 0 radical (unpaired) electrons. The fraction of sp³-hybridized carbons (Fsp3) is 0.800. The van der Waals surface area contributed by atoms with E-state index in [0.29, 0.717) is 12.0 Å². The zero-order valence-corrected chi connectivity index (χ0v) is 26.6. The van der Waals surface area contributed by atoms with E-state index in [9.17, 15) is 18.1 Å². The molecule has 0 bridgehead atoms. The van der Waals surface area contributed by atoms with Gasteiger partial charge in [0.25, 0.3) is 0 Å². The van der Waals surface area contributed by atoms with Gasteiger partial charge in [-0.25, -0.2) is 8.42 Å². The monoisotopic (exact) mass is 532 g/mol. The van der Waals surface area contributed by atoms with Crippen LogP contribution in [0.4, 0.5) is 0 Å². The fourth-order valence-corrected chi connectivity index (χ4v) is 5.54. The number of phenols is 1. The molecule has 1 N–H and O–H groups in total. The molecule has 1 aromatic rings. The van der Waals surface area contributed by atoms with Crippen LogP contribution in [0.5, 0.6) is 5.75 Å². The third kappa shape index (κ3) is 17.4. The van der Waals surface area contributed by atoms with Crippen molar-refractivity contribution in [3.8, 4) is 5.75 Å². The number of hydrogen-bond acceptors (Lipinski definition) is 4. The van der Waals surface area contributed by atoms with Crippen LogP contribution in [-0.4, -0.2) is 18.1 Å². The predicted octanol–water partition coefficient (Wildman–Crippen LogP) is 6.23. The second kappa shape index (κ2) is 22.9. The standard InChI is InChI=1S/C30H54O4S.Na/c1-3-5-7-9-11-13-15-17-19-21-23-27-25-28(30(31)29(26-27)35(32,33)34)24-22-20-18-16-14-12-10-8-6-4-2;/h25-26,31H,3-24H2,1-2H3,(H,32,33,34);/q;+1/p-1. The molecular formula is C30H53NaO4S. The minimum atomic E-state index is -4.68. The average Bonchev–Trinajstić information content (AvgIpc) is 2.82. The summed E-state index contributed by atoms with van der Waals surface area (Å²) in [6.07, 6.45) is 26.1. The number of hydrogen-bond donors (Lipinski definition) is 1. The van der Waals surface area contributed by atoms with Crippen LogP contribution in [0.25, 0.3) is 0 Å². The topological polar surface area (TPSA) is 77.4 Å². The zero-order valence-electron chi connectivity index (χ0n) is 23.8. The normalized spacial score (nSPS) is 11.5. The summed E-state index contributed by atoms with van der Waals surface area (Å²) in [6.45, 7) is 4.48. The third-order valence-electron chi connectivity index (χ3n) is 7.10. The van der Waals surface area contributed by atoms with Crippen molar-refractivity contribution in [2.75, 3.05) is 0 Å². The molecule has 0 aliphatic heterocycles. The van der Waals surface area contributed by atoms with E-state index in [1.54, 1.807) is 0 Å². The van der Waals surface area contributed by atoms with Crippen molar-refractivity contribution < 1.29 is 47.6 Å². The van der Waals surface area contributed by atoms with E-state index < -0.39 is 15.0 Å². The van der Waals surface area contributed by atoms with E-state index in [2.05, 4.69) is 13.8 Å². The zero-order chi connectivity index (χ0) is 25.8. The molecule has 0 aliphatic carbocycles. The van der Waals surface area contributed by atoms with Gasteiger partial charge in [-0.3, -0.25) is 0 Å². The molecule has 36 heavy (non-hydrogen) atoms. The van der Waals surface area contributed by atoms with Gasteiger partial charge in [0, 0.05) is 0 Å². The molecule has 6 heteroatoms. The van der Waals surface area contributed by atoms with Crippen molar-refractivity contribution in [1.82, 2.24) is 0 Å². The molecule has 1 aromatic carbocycles. The molecule has 0 saturated carbocycles. The first-order chi connectivity index (χ1) is 16.9. The predicted molar refractivity (Wildman–Crippen MR) is 147 cm³/mol. The summed E-state index contributed by atoms with van der Waals surface area (Å²) >= 11 is 0. The Bertz CT molecular complexity index is 764. The van der Waals surface area contributed by atoms with Gasteiger partial charge >= 0.3 is 29.6 Å². The van der Waals surface area contributed by atoms with Crippen LogP contribution in [0, 0.1) is 0 Å². The molecule has 0 spiro atoms. The van der Waals surface area contributed by atoms with Crippen LogP contribution in [-0.2, 0) is 23.0 Å². The summed E-state index contributed by atoms with van der Waals surface area (Å²) in [5.74, 6) is -0.331. The molecule has 0 heterocycles. The molecule has 0 atom stereocenters. The van der Waals surface area contributed by atoms with Crippen LogP contribution >= 0.6 is 0 Å². The molecule has 0 unspecified atom stereocenters. The Kier molecular flexibility index (Phi) is 22.8. The maximum absolute atomic E-state index is 11.7. The number of phenolic OH excluding ortho intramolecular Hbond substituents is 1. The van der Waals surface area contributed by atoms with E-state index in [0.717, 1.165) is 37.7 Å². The van der Waals surface area contributed by atoms with Crippen molar-refractivity contribution in [2.24, 2.45) is 0 Å². The number of aromatic hydroxyl groups is 1. The summed E-state index contributed by atoms with van der Waals surface area (Å²) in [6, 6.07) is 3.32. The first-order valence-electron chi connectivity index (χ1n) is 14.7. The average molecular weight is 533 g/mol. The van der Waals surface area contributed by atoms with Crippen LogP contribution in [0.1, 0.15) is 153 Å². The molecule has 1 rings (SSSR count). The first kappa shape index (κ1) is 35.9. The Balaban J connectivity index is 0.0000122. The Hall–Kier alpha value is -0.0700. The summed E-state index contributed by atoms with van der Waals surface area (Å²) in [4.78, 5) is -0.441. The maximum atomic E-state index is 11.7. The SMILES string of the molecule is CCCCCCCCCCCCc1cc(CCCCCCCCCCCC)c(O)c(S(=O)(=O)[O-])c1.[Na+]. The summed E-state index contributed by atoms with van der Waals surface area (Å²) in [7, 11) is -4.68. The van der Waals surface area contributed by atoms with Crippen molar-refractivity contribution >= 4 is 10.1 Å². The molecule has 0 amide bonds. The van der Waals surface area contributed by atoms with Crippen LogP contribution in [0.15, 0.2) is 17.0 Å². The minimum absolute atomic E-state index is 0. The second-order valence-electron chi connectivity index (χ2n) is 10.4. The quantitative estimate of drug-likeness (QED) is 0.103. The van der Waals surface area contributed by atoms with Crippen LogP contribution < -0.4 is 29.6 Å². The minimum Gasteiger partial charge on any atom is -0.744 e. The smallest absolute Gasteiger partial charge is 0.744 e. The van der Waals surface area contributed by atoms with E-state index in [-0.39, 0.29) is 35.3 Å². The number of aryl methyl sites for hydroxylation is 2. The maximum Gasteiger partial charge on any atom is 1.00 e. The summed E-state index contributed by atoms with van der Waals surface area (Å²) in [5.41, 5.74) is 1.47. The largest absolute Gasteiger partial charge is 1.00 e. The van der Waals surface area contributed by atoms with Gasteiger partial charge in [0.1, 0.15) is 15.9 Å². The van der Waals surface area contributed by atoms with Crippen molar-refractivity contribution in [1.29, 1.82) is 0 Å². The van der Waals surface area contributed by atoms with Gasteiger partial charge in [0.15, 0.2) is 0 Å². The van der Waals surface area contributed by atoms with Crippen LogP contribution in [0.3, 0.4) is 0 Å². The van der Waals surface area contributed by atoms with Gasteiger partial charge in [-0.2, -0.15) is 0 Å². The molecule has 4 nitrogen and oxygen atoms in total. The summed E-state index contributed by atoms with van der Waals surface area (Å²) < 4.78 is 35.2. The van der Waals surface area contributed by atoms with Gasteiger partial charge in [-0.15, -0.1) is 0 Å². The van der Waals surface area contributed by atoms with E-state index >= 15 is 0 Å². The van der Waals surface area contributed by atoms with Gasteiger partial charge in [0.2, 0.25) is 0 Å². The number of rotatable bonds is 23. The van der Waals surface area contributed by atoms with Crippen molar-refractivity contribution in [2.45, 2.75) is 160 Å². The van der Waals surface area contributed by atoms with Gasteiger partial charge in [0.05, 0.1) is 4.90 Å². The molecule has 0 aromatic heterocycles. The molecule has 204 valence electrons. The first-order valence-corrected chi connectivity index (χ1v) is 16.1. The van der Waals surface area contributed by atoms with Crippen molar-refractivity contribution in [3.63, 3.8) is 0 Å². The Morgan fingerprint density at radius 1 is 0.611 bits per heavy atom. The second-order valence-corrected chi connectivity index (χ2v) is 11.8. The van der Waals surface area contributed by atoms with Gasteiger partial charge in [-0.05, 0) is 42.9 Å².